The van der Waals surface area contributed by atoms with Crippen LogP contribution in [0.25, 0.3) is 0 Å². The van der Waals surface area contributed by atoms with Gasteiger partial charge in [-0.05, 0) is 47.2 Å². The molecule has 1 amide bonds. The standard InChI is InChI=1S/C16H22N4OS2.HI/c1-2-17-16(20-11-13-6-10-22-12-13)19-8-4-7-18-15(21)14-5-3-9-23-14;/h3,5-6,9-10,12H,2,4,7-8,11H2,1H3,(H,18,21)(H2,17,19,20);1H. The maximum atomic E-state index is 11.8. The summed E-state index contributed by atoms with van der Waals surface area (Å²) in [6.07, 6.45) is 0.847. The SMILES string of the molecule is CCNC(=NCc1ccsc1)NCCCNC(=O)c1cccs1.I. The number of carbonyl (C=O) groups is 1. The average Bonchev–Trinajstić information content (AvgIpc) is 3.25. The highest BCUT2D eigenvalue weighted by Gasteiger charge is 2.04. The van der Waals surface area contributed by atoms with Gasteiger partial charge in [0, 0.05) is 19.6 Å². The van der Waals surface area contributed by atoms with E-state index in [1.807, 2.05) is 24.4 Å². The molecule has 132 valence electrons. The van der Waals surface area contributed by atoms with E-state index in [-0.39, 0.29) is 29.9 Å². The minimum atomic E-state index is -0.00182. The summed E-state index contributed by atoms with van der Waals surface area (Å²) in [4.78, 5) is 17.1. The Balaban J connectivity index is 0.00000288. The Morgan fingerprint density at radius 1 is 1.17 bits per heavy atom. The Bertz CT molecular complexity index is 600. The normalized spacial score (nSPS) is 10.8. The highest BCUT2D eigenvalue weighted by molar-refractivity contribution is 14.0. The lowest BCUT2D eigenvalue weighted by molar-refractivity contribution is 0.0957. The van der Waals surface area contributed by atoms with Crippen LogP contribution >= 0.6 is 46.7 Å². The molecule has 0 saturated heterocycles. The molecule has 0 aromatic carbocycles. The fraction of sp³-hybridized carbons (Fsp3) is 0.375. The largest absolute Gasteiger partial charge is 0.357 e. The summed E-state index contributed by atoms with van der Waals surface area (Å²) in [6, 6.07) is 5.80. The van der Waals surface area contributed by atoms with Crippen molar-refractivity contribution in [3.05, 3.63) is 44.8 Å². The zero-order valence-corrected chi connectivity index (χ0v) is 17.5. The van der Waals surface area contributed by atoms with Crippen molar-refractivity contribution >= 4 is 58.5 Å². The quantitative estimate of drug-likeness (QED) is 0.236. The molecular weight excluding hydrogens is 455 g/mol. The summed E-state index contributed by atoms with van der Waals surface area (Å²) in [7, 11) is 0. The van der Waals surface area contributed by atoms with Crippen LogP contribution in [-0.4, -0.2) is 31.5 Å². The third-order valence-corrected chi connectivity index (χ3v) is 4.62. The van der Waals surface area contributed by atoms with Gasteiger partial charge in [-0.25, -0.2) is 4.99 Å². The summed E-state index contributed by atoms with van der Waals surface area (Å²) in [5, 5.41) is 15.5. The Hall–Kier alpha value is -1.13. The smallest absolute Gasteiger partial charge is 0.261 e. The summed E-state index contributed by atoms with van der Waals surface area (Å²) in [5.74, 6) is 0.807. The zero-order chi connectivity index (χ0) is 16.3. The summed E-state index contributed by atoms with van der Waals surface area (Å²) in [5.41, 5.74) is 1.22. The fourth-order valence-corrected chi connectivity index (χ4v) is 3.19. The minimum Gasteiger partial charge on any atom is -0.357 e. The van der Waals surface area contributed by atoms with Gasteiger partial charge in [0.05, 0.1) is 11.4 Å². The van der Waals surface area contributed by atoms with Gasteiger partial charge >= 0.3 is 0 Å². The lowest BCUT2D eigenvalue weighted by Crippen LogP contribution is -2.38. The zero-order valence-electron chi connectivity index (χ0n) is 13.6. The summed E-state index contributed by atoms with van der Waals surface area (Å²) >= 11 is 3.14. The van der Waals surface area contributed by atoms with Gasteiger partial charge in [-0.3, -0.25) is 4.79 Å². The number of nitrogens with one attached hydrogen (secondary N) is 3. The number of amides is 1. The van der Waals surface area contributed by atoms with E-state index in [2.05, 4.69) is 37.8 Å². The molecule has 0 aliphatic rings. The van der Waals surface area contributed by atoms with E-state index in [0.717, 1.165) is 30.3 Å². The predicted octanol–water partition coefficient (Wildman–Crippen LogP) is 3.30. The van der Waals surface area contributed by atoms with Gasteiger partial charge < -0.3 is 16.0 Å². The number of carbonyl (C=O) groups excluding carboxylic acids is 1. The third kappa shape index (κ3) is 7.63. The van der Waals surface area contributed by atoms with E-state index >= 15 is 0 Å². The van der Waals surface area contributed by atoms with Crippen molar-refractivity contribution in [1.29, 1.82) is 0 Å². The van der Waals surface area contributed by atoms with Crippen molar-refractivity contribution in [1.82, 2.24) is 16.0 Å². The van der Waals surface area contributed by atoms with Crippen LogP contribution in [-0.2, 0) is 6.54 Å². The van der Waals surface area contributed by atoms with E-state index in [0.29, 0.717) is 13.1 Å². The van der Waals surface area contributed by atoms with Crippen LogP contribution < -0.4 is 16.0 Å². The van der Waals surface area contributed by atoms with Gasteiger partial charge in [-0.1, -0.05) is 6.07 Å². The number of halogens is 1. The first-order chi connectivity index (χ1) is 11.3. The van der Waals surface area contributed by atoms with Crippen molar-refractivity contribution in [2.24, 2.45) is 4.99 Å². The molecule has 2 aromatic heterocycles. The maximum Gasteiger partial charge on any atom is 0.261 e. The van der Waals surface area contributed by atoms with E-state index < -0.39 is 0 Å². The van der Waals surface area contributed by atoms with E-state index in [1.54, 1.807) is 11.3 Å². The second kappa shape index (κ2) is 12.3. The van der Waals surface area contributed by atoms with Crippen molar-refractivity contribution in [2.75, 3.05) is 19.6 Å². The van der Waals surface area contributed by atoms with Crippen LogP contribution in [0.5, 0.6) is 0 Å². The number of thiophene rings is 2. The molecule has 0 aliphatic carbocycles. The molecule has 0 saturated carbocycles. The maximum absolute atomic E-state index is 11.8. The van der Waals surface area contributed by atoms with E-state index in [1.165, 1.54) is 16.9 Å². The third-order valence-electron chi connectivity index (χ3n) is 3.02. The Labute approximate surface area is 168 Å². The molecule has 2 heterocycles. The number of rotatable bonds is 8. The Morgan fingerprint density at radius 3 is 2.67 bits per heavy atom. The molecule has 8 heteroatoms. The molecule has 2 rings (SSSR count). The van der Waals surface area contributed by atoms with Crippen molar-refractivity contribution in [3.63, 3.8) is 0 Å². The second-order valence-electron chi connectivity index (χ2n) is 4.84. The molecule has 0 atom stereocenters. The average molecular weight is 478 g/mol. The van der Waals surface area contributed by atoms with Crippen LogP contribution in [0.2, 0.25) is 0 Å². The van der Waals surface area contributed by atoms with Gasteiger partial charge in [-0.2, -0.15) is 11.3 Å². The number of guanidine groups is 1. The van der Waals surface area contributed by atoms with Crippen LogP contribution in [0.4, 0.5) is 0 Å². The van der Waals surface area contributed by atoms with Crippen LogP contribution in [0.3, 0.4) is 0 Å². The molecule has 0 fully saturated rings. The predicted molar refractivity (Wildman–Crippen MR) is 114 cm³/mol. The molecule has 2 aromatic rings. The lowest BCUT2D eigenvalue weighted by Gasteiger charge is -2.11. The van der Waals surface area contributed by atoms with Crippen LogP contribution in [0.15, 0.2) is 39.3 Å². The fourth-order valence-electron chi connectivity index (χ4n) is 1.89. The number of hydrogen-bond donors (Lipinski definition) is 3. The monoisotopic (exact) mass is 478 g/mol. The molecule has 5 nitrogen and oxygen atoms in total. The number of nitrogens with zero attached hydrogens (tertiary/aromatic N) is 1. The van der Waals surface area contributed by atoms with Gasteiger partial charge in [0.2, 0.25) is 0 Å². The number of hydrogen-bond acceptors (Lipinski definition) is 4. The first-order valence-electron chi connectivity index (χ1n) is 7.64. The van der Waals surface area contributed by atoms with E-state index in [9.17, 15) is 4.79 Å². The second-order valence-corrected chi connectivity index (χ2v) is 6.57. The van der Waals surface area contributed by atoms with Gasteiger partial charge in [-0.15, -0.1) is 35.3 Å². The molecular formula is C16H23IN4OS2. The van der Waals surface area contributed by atoms with Gasteiger partial charge in [0.1, 0.15) is 0 Å². The lowest BCUT2D eigenvalue weighted by atomic mass is 10.3. The van der Waals surface area contributed by atoms with Crippen LogP contribution in [0.1, 0.15) is 28.6 Å². The molecule has 24 heavy (non-hydrogen) atoms. The number of aliphatic imine (C=N–C) groups is 1. The summed E-state index contributed by atoms with van der Waals surface area (Å²) in [6.45, 7) is 4.95. The molecule has 0 aliphatic heterocycles. The van der Waals surface area contributed by atoms with Crippen molar-refractivity contribution in [3.8, 4) is 0 Å². The first-order valence-corrected chi connectivity index (χ1v) is 9.46. The first kappa shape index (κ1) is 20.9. The molecule has 0 bridgehead atoms. The minimum absolute atomic E-state index is 0. The summed E-state index contributed by atoms with van der Waals surface area (Å²) < 4.78 is 0. The molecule has 3 N–H and O–H groups in total. The highest BCUT2D eigenvalue weighted by Crippen LogP contribution is 2.07. The van der Waals surface area contributed by atoms with E-state index in [4.69, 9.17) is 0 Å². The van der Waals surface area contributed by atoms with Crippen molar-refractivity contribution < 1.29 is 4.79 Å². The molecule has 0 radical (unpaired) electrons. The van der Waals surface area contributed by atoms with Crippen molar-refractivity contribution in [2.45, 2.75) is 19.9 Å². The Morgan fingerprint density at radius 2 is 2.00 bits per heavy atom. The highest BCUT2D eigenvalue weighted by atomic mass is 127. The Kier molecular flexibility index (Phi) is 10.7. The molecule has 0 spiro atoms. The van der Waals surface area contributed by atoms with Gasteiger partial charge in [0.25, 0.3) is 5.91 Å². The van der Waals surface area contributed by atoms with Gasteiger partial charge in [0.15, 0.2) is 5.96 Å². The van der Waals surface area contributed by atoms with Crippen LogP contribution in [0, 0.1) is 0 Å². The topological polar surface area (TPSA) is 65.5 Å². The molecule has 0 unspecified atom stereocenters.